The first-order valence-corrected chi connectivity index (χ1v) is 8.93. The largest absolute Gasteiger partial charge is 0.317 e. The second kappa shape index (κ2) is 7.63. The Morgan fingerprint density at radius 1 is 1.04 bits per heavy atom. The molecule has 0 radical (unpaired) electrons. The summed E-state index contributed by atoms with van der Waals surface area (Å²) in [6, 6.07) is 12.9. The third-order valence-corrected chi connectivity index (χ3v) is 4.71. The van der Waals surface area contributed by atoms with Crippen LogP contribution in [0.3, 0.4) is 0 Å². The Balaban J connectivity index is 1.36. The van der Waals surface area contributed by atoms with Crippen LogP contribution in [0.1, 0.15) is 30.1 Å². The summed E-state index contributed by atoms with van der Waals surface area (Å²) in [5.41, 5.74) is 3.43. The van der Waals surface area contributed by atoms with Crippen molar-refractivity contribution in [2.24, 2.45) is 0 Å². The summed E-state index contributed by atoms with van der Waals surface area (Å²) in [6.45, 7) is 3.73. The normalized spacial score (nSPS) is 15.5. The molecule has 2 N–H and O–H groups in total. The molecule has 0 amide bonds. The van der Waals surface area contributed by atoms with Crippen LogP contribution in [0.2, 0.25) is 0 Å². The first kappa shape index (κ1) is 16.1. The van der Waals surface area contributed by atoms with Gasteiger partial charge in [0.15, 0.2) is 0 Å². The number of hydrogen-bond acceptors (Lipinski definition) is 4. The number of aromatic nitrogens is 4. The standard InChI is InChI=1S/C19H24N6/c1-2-5-19(25-12-3-9-22-25)16(4-1)14-21-15-17-8-13-24(23-17)18-6-10-20-11-7-18/h1-5,8-9,12-13,18,20-21H,6-7,10-11,14-15H2. The van der Waals surface area contributed by atoms with E-state index in [0.29, 0.717) is 6.04 Å². The second-order valence-corrected chi connectivity index (χ2v) is 6.45. The fourth-order valence-corrected chi connectivity index (χ4v) is 3.37. The lowest BCUT2D eigenvalue weighted by atomic mass is 10.1. The molecule has 4 rings (SSSR count). The van der Waals surface area contributed by atoms with Crippen molar-refractivity contribution in [1.29, 1.82) is 0 Å². The first-order valence-electron chi connectivity index (χ1n) is 8.93. The van der Waals surface area contributed by atoms with E-state index in [9.17, 15) is 0 Å². The Kier molecular flexibility index (Phi) is 4.90. The van der Waals surface area contributed by atoms with E-state index in [2.05, 4.69) is 50.9 Å². The van der Waals surface area contributed by atoms with E-state index >= 15 is 0 Å². The number of rotatable bonds is 6. The van der Waals surface area contributed by atoms with Crippen LogP contribution in [0.15, 0.2) is 55.0 Å². The molecule has 1 aromatic carbocycles. The molecule has 3 heterocycles. The van der Waals surface area contributed by atoms with Gasteiger partial charge in [-0.1, -0.05) is 18.2 Å². The summed E-state index contributed by atoms with van der Waals surface area (Å²) in [5.74, 6) is 0. The third-order valence-electron chi connectivity index (χ3n) is 4.71. The van der Waals surface area contributed by atoms with Gasteiger partial charge in [-0.3, -0.25) is 4.68 Å². The van der Waals surface area contributed by atoms with Crippen LogP contribution in [-0.4, -0.2) is 32.7 Å². The van der Waals surface area contributed by atoms with Gasteiger partial charge in [-0.25, -0.2) is 4.68 Å². The van der Waals surface area contributed by atoms with Gasteiger partial charge in [0.2, 0.25) is 0 Å². The Morgan fingerprint density at radius 3 is 2.76 bits per heavy atom. The third kappa shape index (κ3) is 3.81. The molecule has 130 valence electrons. The summed E-state index contributed by atoms with van der Waals surface area (Å²) >= 11 is 0. The van der Waals surface area contributed by atoms with Crippen LogP contribution in [0.25, 0.3) is 5.69 Å². The highest BCUT2D eigenvalue weighted by molar-refractivity contribution is 5.40. The minimum atomic E-state index is 0.538. The summed E-state index contributed by atoms with van der Waals surface area (Å²) in [5, 5.41) is 16.0. The van der Waals surface area contributed by atoms with Crippen LogP contribution < -0.4 is 10.6 Å². The lowest BCUT2D eigenvalue weighted by Crippen LogP contribution is -2.29. The number of nitrogens with one attached hydrogen (secondary N) is 2. The summed E-state index contributed by atoms with van der Waals surface area (Å²) in [7, 11) is 0. The molecule has 2 aromatic heterocycles. The van der Waals surface area contributed by atoms with Gasteiger partial charge in [0.05, 0.1) is 17.4 Å². The molecule has 1 aliphatic heterocycles. The van der Waals surface area contributed by atoms with Crippen LogP contribution in [0.5, 0.6) is 0 Å². The summed E-state index contributed by atoms with van der Waals surface area (Å²) in [4.78, 5) is 0. The predicted octanol–water partition coefficient (Wildman–Crippen LogP) is 2.28. The lowest BCUT2D eigenvalue weighted by molar-refractivity contribution is 0.341. The minimum absolute atomic E-state index is 0.538. The highest BCUT2D eigenvalue weighted by Gasteiger charge is 2.15. The molecule has 0 bridgehead atoms. The smallest absolute Gasteiger partial charge is 0.0762 e. The average molecular weight is 336 g/mol. The topological polar surface area (TPSA) is 59.7 Å². The highest BCUT2D eigenvalue weighted by Crippen LogP contribution is 2.18. The highest BCUT2D eigenvalue weighted by atomic mass is 15.3. The van der Waals surface area contributed by atoms with E-state index in [4.69, 9.17) is 5.10 Å². The van der Waals surface area contributed by atoms with Crippen LogP contribution in [0.4, 0.5) is 0 Å². The molecule has 1 fully saturated rings. The fraction of sp³-hybridized carbons (Fsp3) is 0.368. The van der Waals surface area contributed by atoms with E-state index in [-0.39, 0.29) is 0 Å². The van der Waals surface area contributed by atoms with Crippen molar-refractivity contribution in [2.75, 3.05) is 13.1 Å². The molecule has 25 heavy (non-hydrogen) atoms. The first-order chi connectivity index (χ1) is 12.4. The Morgan fingerprint density at radius 2 is 1.92 bits per heavy atom. The van der Waals surface area contributed by atoms with Crippen molar-refractivity contribution >= 4 is 0 Å². The van der Waals surface area contributed by atoms with Gasteiger partial charge in [-0.2, -0.15) is 10.2 Å². The van der Waals surface area contributed by atoms with Crippen molar-refractivity contribution in [2.45, 2.75) is 32.0 Å². The van der Waals surface area contributed by atoms with Gasteiger partial charge < -0.3 is 10.6 Å². The zero-order valence-electron chi connectivity index (χ0n) is 14.3. The van der Waals surface area contributed by atoms with E-state index in [1.807, 2.05) is 23.0 Å². The molecule has 0 atom stereocenters. The zero-order valence-corrected chi connectivity index (χ0v) is 14.3. The molecule has 0 spiro atoms. The SMILES string of the molecule is c1ccc(-n2cccn2)c(CNCc2ccn(C3CCNCC3)n2)c1. The summed E-state index contributed by atoms with van der Waals surface area (Å²) in [6.07, 6.45) is 8.21. The van der Waals surface area contributed by atoms with Gasteiger partial charge in [0, 0.05) is 31.7 Å². The average Bonchev–Trinajstić information content (AvgIpc) is 3.35. The van der Waals surface area contributed by atoms with Crippen molar-refractivity contribution in [3.63, 3.8) is 0 Å². The predicted molar refractivity (Wildman–Crippen MR) is 97.5 cm³/mol. The fourth-order valence-electron chi connectivity index (χ4n) is 3.37. The maximum absolute atomic E-state index is 4.75. The molecule has 1 saturated heterocycles. The molecule has 0 saturated carbocycles. The molecule has 6 nitrogen and oxygen atoms in total. The number of para-hydroxylation sites is 1. The number of hydrogen-bond donors (Lipinski definition) is 2. The molecule has 3 aromatic rings. The molecular weight excluding hydrogens is 312 g/mol. The molecule has 0 unspecified atom stereocenters. The molecular formula is C19H24N6. The van der Waals surface area contributed by atoms with E-state index in [1.54, 1.807) is 6.20 Å². The van der Waals surface area contributed by atoms with Crippen molar-refractivity contribution < 1.29 is 0 Å². The Hall–Kier alpha value is -2.44. The van der Waals surface area contributed by atoms with Crippen molar-refractivity contribution in [3.8, 4) is 5.69 Å². The lowest BCUT2D eigenvalue weighted by Gasteiger charge is -2.22. The van der Waals surface area contributed by atoms with Crippen LogP contribution in [0, 0.1) is 0 Å². The Bertz CT molecular complexity index is 786. The van der Waals surface area contributed by atoms with Crippen molar-refractivity contribution in [1.82, 2.24) is 30.2 Å². The molecule has 0 aliphatic carbocycles. The second-order valence-electron chi connectivity index (χ2n) is 6.45. The van der Waals surface area contributed by atoms with E-state index in [0.717, 1.165) is 50.4 Å². The van der Waals surface area contributed by atoms with Gasteiger partial charge in [-0.05, 0) is 49.7 Å². The minimum Gasteiger partial charge on any atom is -0.317 e. The van der Waals surface area contributed by atoms with Gasteiger partial charge >= 0.3 is 0 Å². The van der Waals surface area contributed by atoms with Gasteiger partial charge in [-0.15, -0.1) is 0 Å². The quantitative estimate of drug-likeness (QED) is 0.725. The monoisotopic (exact) mass is 336 g/mol. The van der Waals surface area contributed by atoms with E-state index in [1.165, 1.54) is 5.56 Å². The van der Waals surface area contributed by atoms with Gasteiger partial charge in [0.1, 0.15) is 0 Å². The van der Waals surface area contributed by atoms with E-state index < -0.39 is 0 Å². The van der Waals surface area contributed by atoms with Crippen LogP contribution >= 0.6 is 0 Å². The van der Waals surface area contributed by atoms with Crippen molar-refractivity contribution in [3.05, 3.63) is 66.2 Å². The number of piperidine rings is 1. The zero-order chi connectivity index (χ0) is 16.9. The summed E-state index contributed by atoms with van der Waals surface area (Å²) < 4.78 is 4.04. The van der Waals surface area contributed by atoms with Crippen LogP contribution in [-0.2, 0) is 13.1 Å². The Labute approximate surface area is 147 Å². The van der Waals surface area contributed by atoms with Gasteiger partial charge in [0.25, 0.3) is 0 Å². The maximum atomic E-state index is 4.75. The molecule has 6 heteroatoms. The number of benzene rings is 1. The molecule has 1 aliphatic rings. The number of nitrogens with zero attached hydrogens (tertiary/aromatic N) is 4. The maximum Gasteiger partial charge on any atom is 0.0762 e.